The van der Waals surface area contributed by atoms with Crippen molar-refractivity contribution in [1.82, 2.24) is 0 Å². The molecular formula is C20H27ClO6S. The molecule has 0 amide bonds. The molecule has 2 atom stereocenters. The molecule has 28 heavy (non-hydrogen) atoms. The maximum atomic E-state index is 11.9. The van der Waals surface area contributed by atoms with Crippen LogP contribution < -0.4 is 0 Å². The number of hydrogen-bond acceptors (Lipinski definition) is 5. The van der Waals surface area contributed by atoms with E-state index in [0.29, 0.717) is 31.6 Å². The molecule has 8 heteroatoms. The van der Waals surface area contributed by atoms with Crippen LogP contribution in [-0.2, 0) is 24.1 Å². The number of rotatable bonds is 5. The van der Waals surface area contributed by atoms with Crippen LogP contribution in [-0.4, -0.2) is 44.8 Å². The van der Waals surface area contributed by atoms with E-state index >= 15 is 0 Å². The van der Waals surface area contributed by atoms with Crippen LogP contribution in [0.5, 0.6) is 0 Å². The van der Waals surface area contributed by atoms with Crippen LogP contribution in [0.1, 0.15) is 51.0 Å². The Labute approximate surface area is 171 Å². The van der Waals surface area contributed by atoms with Gasteiger partial charge in [-0.25, -0.2) is 8.42 Å². The van der Waals surface area contributed by atoms with Gasteiger partial charge >= 0.3 is 5.97 Å². The summed E-state index contributed by atoms with van der Waals surface area (Å²) in [5.74, 6) is -2.15. The number of carboxylic acids is 1. The van der Waals surface area contributed by atoms with Crippen molar-refractivity contribution in [2.75, 3.05) is 19.5 Å². The number of ether oxygens (including phenoxy) is 2. The second kappa shape index (κ2) is 7.59. The quantitative estimate of drug-likeness (QED) is 0.762. The van der Waals surface area contributed by atoms with Crippen molar-refractivity contribution in [3.05, 3.63) is 28.8 Å². The standard InChI is InChI=1S/C20H27ClO6S/c1-19(2)11-26-20(27-12-19)7-6-13(10-20)8-15(18(22)23)14-4-5-17(16(21)9-14)28(3,24)25/h4-5,9,13,15H,6-8,10-12H2,1-3H3,(H,22,23)/t13-,15?/m0/s1. The molecule has 2 fully saturated rings. The summed E-state index contributed by atoms with van der Waals surface area (Å²) in [6, 6.07) is 4.38. The Bertz CT molecular complexity index is 853. The minimum absolute atomic E-state index is 0.00787. The first-order valence-corrected chi connectivity index (χ1v) is 11.7. The molecule has 156 valence electrons. The van der Waals surface area contributed by atoms with E-state index < -0.39 is 27.5 Å². The van der Waals surface area contributed by atoms with Gasteiger partial charge in [0.15, 0.2) is 15.6 Å². The molecular weight excluding hydrogens is 404 g/mol. The molecule has 2 aliphatic rings. The fraction of sp³-hybridized carbons (Fsp3) is 0.650. The molecule has 0 bridgehead atoms. The van der Waals surface area contributed by atoms with Crippen molar-refractivity contribution in [3.63, 3.8) is 0 Å². The average molecular weight is 431 g/mol. The van der Waals surface area contributed by atoms with E-state index in [2.05, 4.69) is 13.8 Å². The van der Waals surface area contributed by atoms with Crippen molar-refractivity contribution in [1.29, 1.82) is 0 Å². The maximum absolute atomic E-state index is 11.9. The number of aliphatic carboxylic acids is 1. The predicted molar refractivity (Wildman–Crippen MR) is 105 cm³/mol. The summed E-state index contributed by atoms with van der Waals surface area (Å²) in [6.45, 7) is 5.45. The minimum Gasteiger partial charge on any atom is -0.481 e. The molecule has 1 aromatic rings. The molecule has 6 nitrogen and oxygen atoms in total. The fourth-order valence-corrected chi connectivity index (χ4v) is 5.35. The molecule has 0 radical (unpaired) electrons. The average Bonchev–Trinajstić information content (AvgIpc) is 2.97. The Hall–Kier alpha value is -1.15. The lowest BCUT2D eigenvalue weighted by atomic mass is 9.87. The highest BCUT2D eigenvalue weighted by atomic mass is 35.5. The highest BCUT2D eigenvalue weighted by Gasteiger charge is 2.46. The number of carboxylic acid groups (broad SMARTS) is 1. The normalized spacial score (nSPS) is 24.9. The molecule has 1 saturated heterocycles. The molecule has 1 aliphatic carbocycles. The molecule has 0 aromatic heterocycles. The van der Waals surface area contributed by atoms with Crippen LogP contribution >= 0.6 is 11.6 Å². The molecule has 1 unspecified atom stereocenters. The fourth-order valence-electron chi connectivity index (χ4n) is 4.02. The van der Waals surface area contributed by atoms with Gasteiger partial charge in [0, 0.05) is 24.5 Å². The number of hydrogen-bond donors (Lipinski definition) is 1. The zero-order valence-corrected chi connectivity index (χ0v) is 18.0. The van der Waals surface area contributed by atoms with Crippen LogP contribution in [0.15, 0.2) is 23.1 Å². The Morgan fingerprint density at radius 3 is 2.50 bits per heavy atom. The van der Waals surface area contributed by atoms with Crippen molar-refractivity contribution in [2.45, 2.75) is 56.1 Å². The lowest BCUT2D eigenvalue weighted by Crippen LogP contribution is -2.46. The van der Waals surface area contributed by atoms with Gasteiger partial charge in [-0.3, -0.25) is 4.79 Å². The highest BCUT2D eigenvalue weighted by molar-refractivity contribution is 7.90. The Morgan fingerprint density at radius 2 is 1.96 bits per heavy atom. The minimum atomic E-state index is -3.46. The first-order chi connectivity index (χ1) is 12.9. The summed E-state index contributed by atoms with van der Waals surface area (Å²) < 4.78 is 35.5. The van der Waals surface area contributed by atoms with Crippen molar-refractivity contribution in [2.24, 2.45) is 11.3 Å². The third-order valence-corrected chi connectivity index (χ3v) is 7.19. The summed E-state index contributed by atoms with van der Waals surface area (Å²) >= 11 is 6.11. The van der Waals surface area contributed by atoms with E-state index in [1.165, 1.54) is 12.1 Å². The molecule has 1 saturated carbocycles. The molecule has 1 spiro atoms. The van der Waals surface area contributed by atoms with Crippen LogP contribution in [0.3, 0.4) is 0 Å². The molecule has 3 rings (SSSR count). The molecule has 1 aromatic carbocycles. The predicted octanol–water partition coefficient (Wildman–Crippen LogP) is 3.87. The van der Waals surface area contributed by atoms with E-state index in [0.717, 1.165) is 19.1 Å². The summed E-state index contributed by atoms with van der Waals surface area (Å²) in [6.07, 6.45) is 3.77. The largest absolute Gasteiger partial charge is 0.481 e. The van der Waals surface area contributed by atoms with Gasteiger partial charge in [0.05, 0.1) is 29.0 Å². The van der Waals surface area contributed by atoms with E-state index in [4.69, 9.17) is 21.1 Å². The first-order valence-electron chi connectivity index (χ1n) is 9.41. The number of carbonyl (C=O) groups is 1. The van der Waals surface area contributed by atoms with E-state index in [9.17, 15) is 18.3 Å². The zero-order chi connectivity index (χ0) is 20.7. The topological polar surface area (TPSA) is 89.9 Å². The van der Waals surface area contributed by atoms with E-state index in [1.54, 1.807) is 6.07 Å². The van der Waals surface area contributed by atoms with Crippen molar-refractivity contribution >= 4 is 27.4 Å². The van der Waals surface area contributed by atoms with Crippen LogP contribution in [0.25, 0.3) is 0 Å². The second-order valence-corrected chi connectivity index (χ2v) is 11.2. The van der Waals surface area contributed by atoms with Gasteiger partial charge in [-0.15, -0.1) is 0 Å². The second-order valence-electron chi connectivity index (χ2n) is 8.85. The van der Waals surface area contributed by atoms with E-state index in [1.807, 2.05) is 0 Å². The van der Waals surface area contributed by atoms with Crippen LogP contribution in [0.2, 0.25) is 5.02 Å². The summed E-state index contributed by atoms with van der Waals surface area (Å²) in [5.41, 5.74) is 0.503. The monoisotopic (exact) mass is 430 g/mol. The van der Waals surface area contributed by atoms with Crippen molar-refractivity contribution < 1.29 is 27.8 Å². The van der Waals surface area contributed by atoms with E-state index in [-0.39, 0.29) is 21.3 Å². The number of sulfone groups is 1. The lowest BCUT2D eigenvalue weighted by Gasteiger charge is -2.41. The Morgan fingerprint density at radius 1 is 1.32 bits per heavy atom. The van der Waals surface area contributed by atoms with Crippen LogP contribution in [0, 0.1) is 11.3 Å². The first kappa shape index (κ1) is 21.6. The SMILES string of the molecule is CC1(C)COC2(CC[C@@H](CC(C(=O)O)c3ccc(S(C)(=O)=O)c(Cl)c3)C2)OC1. The Balaban J connectivity index is 1.73. The number of halogens is 1. The van der Waals surface area contributed by atoms with Gasteiger partial charge in [-0.2, -0.15) is 0 Å². The summed E-state index contributed by atoms with van der Waals surface area (Å²) in [4.78, 5) is 11.9. The maximum Gasteiger partial charge on any atom is 0.310 e. The van der Waals surface area contributed by atoms with Gasteiger partial charge in [0.25, 0.3) is 0 Å². The van der Waals surface area contributed by atoms with Crippen LogP contribution in [0.4, 0.5) is 0 Å². The van der Waals surface area contributed by atoms with Gasteiger partial charge in [0.2, 0.25) is 0 Å². The summed E-state index contributed by atoms with van der Waals surface area (Å²) in [5, 5.41) is 9.80. The summed E-state index contributed by atoms with van der Waals surface area (Å²) in [7, 11) is -3.46. The zero-order valence-electron chi connectivity index (χ0n) is 16.4. The highest BCUT2D eigenvalue weighted by Crippen LogP contribution is 2.46. The molecule has 1 N–H and O–H groups in total. The molecule has 1 aliphatic heterocycles. The van der Waals surface area contributed by atoms with Crippen molar-refractivity contribution in [3.8, 4) is 0 Å². The smallest absolute Gasteiger partial charge is 0.310 e. The number of benzene rings is 1. The Kier molecular flexibility index (Phi) is 5.85. The third kappa shape index (κ3) is 4.70. The van der Waals surface area contributed by atoms with Gasteiger partial charge in [-0.1, -0.05) is 31.5 Å². The van der Waals surface area contributed by atoms with Gasteiger partial charge in [-0.05, 0) is 36.5 Å². The van der Waals surface area contributed by atoms with Gasteiger partial charge < -0.3 is 14.6 Å². The third-order valence-electron chi connectivity index (χ3n) is 5.61. The lowest BCUT2D eigenvalue weighted by molar-refractivity contribution is -0.296. The van der Waals surface area contributed by atoms with Gasteiger partial charge in [0.1, 0.15) is 0 Å². The molecule has 1 heterocycles.